The molecule has 3 nitrogen and oxygen atoms in total. The number of nitrogen functional groups attached to an aromatic ring is 1. The molecule has 0 unspecified atom stereocenters. The van der Waals surface area contributed by atoms with Crippen LogP contribution in [0.2, 0.25) is 0 Å². The van der Waals surface area contributed by atoms with Crippen molar-refractivity contribution in [2.45, 2.75) is 26.4 Å². The number of anilines is 1. The molecule has 102 valence electrons. The van der Waals surface area contributed by atoms with Gasteiger partial charge in [0.05, 0.1) is 5.01 Å². The van der Waals surface area contributed by atoms with E-state index < -0.39 is 6.61 Å². The van der Waals surface area contributed by atoms with Crippen molar-refractivity contribution < 1.29 is 13.5 Å². The van der Waals surface area contributed by atoms with Crippen molar-refractivity contribution in [2.24, 2.45) is 0 Å². The van der Waals surface area contributed by atoms with Crippen LogP contribution in [0.4, 0.5) is 13.8 Å². The normalized spacial score (nSPS) is 10.9. The van der Waals surface area contributed by atoms with Crippen molar-refractivity contribution in [1.82, 2.24) is 4.98 Å². The van der Waals surface area contributed by atoms with Gasteiger partial charge in [-0.2, -0.15) is 8.78 Å². The van der Waals surface area contributed by atoms with Gasteiger partial charge in [0.1, 0.15) is 16.4 Å². The molecule has 19 heavy (non-hydrogen) atoms. The van der Waals surface area contributed by atoms with Gasteiger partial charge in [-0.05, 0) is 25.0 Å². The number of halogens is 2. The number of nitrogens with two attached hydrogens (primary N) is 1. The second-order valence-corrected chi connectivity index (χ2v) is 5.06. The van der Waals surface area contributed by atoms with E-state index in [9.17, 15) is 8.78 Å². The molecular formula is C13H14F2N2OS. The number of hydrogen-bond donors (Lipinski definition) is 1. The molecule has 0 atom stereocenters. The van der Waals surface area contributed by atoms with Gasteiger partial charge in [-0.15, -0.1) is 11.3 Å². The van der Waals surface area contributed by atoms with Gasteiger partial charge in [-0.25, -0.2) is 4.98 Å². The molecule has 2 aromatic rings. The van der Waals surface area contributed by atoms with E-state index in [0.717, 1.165) is 17.8 Å². The number of thiazole rings is 1. The highest BCUT2D eigenvalue weighted by molar-refractivity contribution is 7.16. The van der Waals surface area contributed by atoms with Gasteiger partial charge >= 0.3 is 6.61 Å². The monoisotopic (exact) mass is 284 g/mol. The highest BCUT2D eigenvalue weighted by Gasteiger charge is 2.16. The number of alkyl halides is 2. The Morgan fingerprint density at radius 3 is 2.79 bits per heavy atom. The summed E-state index contributed by atoms with van der Waals surface area (Å²) in [6, 6.07) is 6.54. The Bertz CT molecular complexity index is 557. The maximum absolute atomic E-state index is 12.4. The standard InChI is InChI=1S/C13H14F2N2OS/c1-2-5-10-17-11(12(16)19-10)8-6-3-4-7-9(8)18-13(14)15/h3-4,6-7,13H,2,5,16H2,1H3. The van der Waals surface area contributed by atoms with E-state index in [1.54, 1.807) is 18.2 Å². The third kappa shape index (κ3) is 3.20. The lowest BCUT2D eigenvalue weighted by molar-refractivity contribution is -0.0494. The molecule has 0 fully saturated rings. The average Bonchev–Trinajstić information content (AvgIpc) is 2.71. The number of aromatic nitrogens is 1. The Morgan fingerprint density at radius 1 is 1.37 bits per heavy atom. The molecule has 0 saturated carbocycles. The van der Waals surface area contributed by atoms with Crippen molar-refractivity contribution in [1.29, 1.82) is 0 Å². The van der Waals surface area contributed by atoms with E-state index in [0.29, 0.717) is 16.3 Å². The molecule has 0 aliphatic rings. The summed E-state index contributed by atoms with van der Waals surface area (Å²) in [7, 11) is 0. The molecule has 0 aliphatic carbocycles. The predicted octanol–water partition coefficient (Wildman–Crippen LogP) is 3.95. The van der Waals surface area contributed by atoms with Crippen molar-refractivity contribution in [3.63, 3.8) is 0 Å². The van der Waals surface area contributed by atoms with Crippen molar-refractivity contribution in [2.75, 3.05) is 5.73 Å². The summed E-state index contributed by atoms with van der Waals surface area (Å²) in [5.74, 6) is 0.0950. The lowest BCUT2D eigenvalue weighted by Gasteiger charge is -2.09. The van der Waals surface area contributed by atoms with E-state index in [1.165, 1.54) is 17.4 Å². The molecule has 0 radical (unpaired) electrons. The predicted molar refractivity (Wildman–Crippen MR) is 72.6 cm³/mol. The Morgan fingerprint density at radius 2 is 2.11 bits per heavy atom. The molecule has 1 aromatic carbocycles. The molecule has 6 heteroatoms. The van der Waals surface area contributed by atoms with Gasteiger partial charge in [0.25, 0.3) is 0 Å². The van der Waals surface area contributed by atoms with Crippen LogP contribution in [0, 0.1) is 0 Å². The van der Waals surface area contributed by atoms with Crippen LogP contribution in [0.5, 0.6) is 5.75 Å². The number of rotatable bonds is 5. The Balaban J connectivity index is 2.40. The zero-order valence-corrected chi connectivity index (χ0v) is 11.2. The average molecular weight is 284 g/mol. The van der Waals surface area contributed by atoms with Crippen molar-refractivity contribution >= 4 is 16.3 Å². The molecule has 2 rings (SSSR count). The maximum Gasteiger partial charge on any atom is 0.387 e. The SMILES string of the molecule is CCCc1nc(-c2ccccc2OC(F)F)c(N)s1. The fraction of sp³-hybridized carbons (Fsp3) is 0.308. The largest absolute Gasteiger partial charge is 0.434 e. The summed E-state index contributed by atoms with van der Waals surface area (Å²) in [4.78, 5) is 4.41. The maximum atomic E-state index is 12.4. The zero-order chi connectivity index (χ0) is 13.8. The number of aryl methyl sites for hydroxylation is 1. The first kappa shape index (κ1) is 13.7. The molecule has 0 amide bonds. The topological polar surface area (TPSA) is 48.1 Å². The minimum Gasteiger partial charge on any atom is -0.434 e. The fourth-order valence-corrected chi connectivity index (χ4v) is 2.70. The van der Waals surface area contributed by atoms with Crippen LogP contribution in [0.25, 0.3) is 11.3 Å². The van der Waals surface area contributed by atoms with Crippen molar-refractivity contribution in [3.8, 4) is 17.0 Å². The lowest BCUT2D eigenvalue weighted by Crippen LogP contribution is -2.03. The van der Waals surface area contributed by atoms with E-state index in [1.807, 2.05) is 6.92 Å². The molecule has 0 bridgehead atoms. The summed E-state index contributed by atoms with van der Waals surface area (Å²) in [6.45, 7) is -0.818. The van der Waals surface area contributed by atoms with Gasteiger partial charge < -0.3 is 10.5 Å². The van der Waals surface area contributed by atoms with E-state index in [-0.39, 0.29) is 5.75 Å². The first-order chi connectivity index (χ1) is 9.11. The van der Waals surface area contributed by atoms with Crippen LogP contribution in [0.3, 0.4) is 0 Å². The first-order valence-electron chi connectivity index (χ1n) is 5.91. The smallest absolute Gasteiger partial charge is 0.387 e. The Hall–Kier alpha value is -1.69. The fourth-order valence-electron chi connectivity index (χ4n) is 1.75. The van der Waals surface area contributed by atoms with Gasteiger partial charge in [0.2, 0.25) is 0 Å². The quantitative estimate of drug-likeness (QED) is 0.904. The summed E-state index contributed by atoms with van der Waals surface area (Å²) >= 11 is 1.38. The van der Waals surface area contributed by atoms with Gasteiger partial charge in [0, 0.05) is 5.56 Å². The van der Waals surface area contributed by atoms with E-state index in [4.69, 9.17) is 5.73 Å². The molecular weight excluding hydrogens is 270 g/mol. The Kier molecular flexibility index (Phi) is 4.31. The van der Waals surface area contributed by atoms with Gasteiger partial charge in [-0.1, -0.05) is 19.1 Å². The number of para-hydroxylation sites is 1. The third-order valence-corrected chi connectivity index (χ3v) is 3.46. The second kappa shape index (κ2) is 5.97. The van der Waals surface area contributed by atoms with E-state index in [2.05, 4.69) is 9.72 Å². The van der Waals surface area contributed by atoms with Gasteiger partial charge in [-0.3, -0.25) is 0 Å². The van der Waals surface area contributed by atoms with Crippen molar-refractivity contribution in [3.05, 3.63) is 29.3 Å². The van der Waals surface area contributed by atoms with Crippen LogP contribution >= 0.6 is 11.3 Å². The third-order valence-electron chi connectivity index (χ3n) is 2.52. The molecule has 0 spiro atoms. The highest BCUT2D eigenvalue weighted by Crippen LogP contribution is 2.37. The summed E-state index contributed by atoms with van der Waals surface area (Å²) in [5, 5.41) is 1.43. The number of nitrogens with zero attached hydrogens (tertiary/aromatic N) is 1. The number of benzene rings is 1. The number of ether oxygens (including phenoxy) is 1. The minimum absolute atomic E-state index is 0.0950. The molecule has 1 aromatic heterocycles. The lowest BCUT2D eigenvalue weighted by atomic mass is 10.1. The second-order valence-electron chi connectivity index (χ2n) is 3.95. The van der Waals surface area contributed by atoms with Crippen LogP contribution < -0.4 is 10.5 Å². The summed E-state index contributed by atoms with van der Waals surface area (Å²) in [6.07, 6.45) is 1.79. The minimum atomic E-state index is -2.86. The highest BCUT2D eigenvalue weighted by atomic mass is 32.1. The Labute approximate surface area is 114 Å². The molecule has 1 heterocycles. The summed E-state index contributed by atoms with van der Waals surface area (Å²) in [5.41, 5.74) is 6.93. The van der Waals surface area contributed by atoms with E-state index >= 15 is 0 Å². The van der Waals surface area contributed by atoms with Crippen LogP contribution in [-0.4, -0.2) is 11.6 Å². The molecule has 0 aliphatic heterocycles. The van der Waals surface area contributed by atoms with Crippen LogP contribution in [0.1, 0.15) is 18.4 Å². The summed E-state index contributed by atoms with van der Waals surface area (Å²) < 4.78 is 29.2. The zero-order valence-electron chi connectivity index (χ0n) is 10.4. The molecule has 0 saturated heterocycles. The van der Waals surface area contributed by atoms with Crippen LogP contribution in [0.15, 0.2) is 24.3 Å². The first-order valence-corrected chi connectivity index (χ1v) is 6.72. The van der Waals surface area contributed by atoms with Crippen LogP contribution in [-0.2, 0) is 6.42 Å². The van der Waals surface area contributed by atoms with Gasteiger partial charge in [0.15, 0.2) is 0 Å². The number of hydrogen-bond acceptors (Lipinski definition) is 4. The molecule has 2 N–H and O–H groups in total.